The molecule has 40 nitrogen and oxygen atoms in total. The fourth-order valence-electron chi connectivity index (χ4n) is 3.02. The number of hydrogen-bond donors (Lipinski definition) is 16. The quantitative estimate of drug-likeness (QED) is 0.0628. The predicted molar refractivity (Wildman–Crippen MR) is 196 cm³/mol. The number of aliphatic hydroxyl groups is 8. The molecule has 80 heavy (non-hydrogen) atoms. The number of imidazole rings is 8. The second-order valence-corrected chi connectivity index (χ2v) is 14.3. The largest absolute Gasteiger partial charge is 1.00 e. The van der Waals surface area contributed by atoms with Gasteiger partial charge in [-0.3, -0.25) is 0 Å². The Hall–Kier alpha value is -3.16. The van der Waals surface area contributed by atoms with Gasteiger partial charge in [-0.15, -0.1) is 41.0 Å². The Balaban J connectivity index is -0.000000118. The molecule has 48 heteroatoms. The van der Waals surface area contributed by atoms with Crippen molar-refractivity contribution in [2.24, 2.45) is 0 Å². The van der Waals surface area contributed by atoms with Crippen LogP contribution in [0.1, 0.15) is 45.6 Å². The van der Waals surface area contributed by atoms with E-state index in [1.165, 1.54) is 50.6 Å². The molecule has 0 saturated heterocycles. The van der Waals surface area contributed by atoms with Gasteiger partial charge in [-0.25, -0.2) is 114 Å². The molecule has 0 amide bonds. The van der Waals surface area contributed by atoms with Crippen LogP contribution in [0.15, 0.2) is 100 Å². The molecule has 0 aliphatic rings. The van der Waals surface area contributed by atoms with Crippen molar-refractivity contribution in [3.8, 4) is 0 Å². The number of rotatable bonds is 8. The second-order valence-electron chi connectivity index (χ2n) is 11.3. The third-order valence-electron chi connectivity index (χ3n) is 5.73. The number of aromatic nitrogens is 16. The van der Waals surface area contributed by atoms with Crippen LogP contribution in [0.3, 0.4) is 0 Å². The average molecular weight is 1610 g/mol. The van der Waals surface area contributed by atoms with Gasteiger partial charge in [0, 0.05) is 49.6 Å². The van der Waals surface area contributed by atoms with E-state index in [2.05, 4.69) is 79.7 Å². The maximum atomic E-state index is 8.49. The zero-order valence-corrected chi connectivity index (χ0v) is 48.3. The molecule has 0 saturated carbocycles. The van der Waals surface area contributed by atoms with Gasteiger partial charge in [0.15, 0.2) is 0 Å². The third kappa shape index (κ3) is 86.1. The number of aliphatic hydroxyl groups excluding tert-OH is 8. The number of hydrogen-bond acceptors (Lipinski definition) is 32. The van der Waals surface area contributed by atoms with E-state index in [1.807, 2.05) is 0 Å². The van der Waals surface area contributed by atoms with Gasteiger partial charge >= 0.3 is 89.5 Å². The van der Waals surface area contributed by atoms with Crippen molar-refractivity contribution >= 4 is 0 Å². The van der Waals surface area contributed by atoms with Gasteiger partial charge in [0.25, 0.3) is 0 Å². The maximum absolute atomic E-state index is 8.49. The fraction of sp³-hybridized carbons (Fsp3) is 0.250. The summed E-state index contributed by atoms with van der Waals surface area (Å²) in [7, 11) is -19.8. The maximum Gasteiger partial charge on any atom is 1.00 e. The molecule has 0 atom stereocenters. The standard InChI is InChI=1S/8C4H6N2O.4Ag.4ClHO4/c8*7-2-4-1-5-3-6-4;;;;;4*2-1(3,4)5/h8*1,3,7H,2H2,(H,5,6);;;;;4*(H,2,3,4,5)/q;;;;;;;;4*+1;;;;/p-4. The molecule has 8 aromatic rings. The molecule has 8 aromatic heterocycles. The Morgan fingerprint density at radius 1 is 0.225 bits per heavy atom. The molecule has 16 N–H and O–H groups in total. The SMILES string of the molecule is OCc1c[nH]cn1.OCc1c[nH]cn1.OCc1c[nH]cn1.OCc1c[nH]cn1.OCc1c[nH]cn1.OCc1c[nH]cn1.OCc1c[nH]cn1.OCc1c[nH]cn1.[Ag+].[Ag+].[Ag+].[Ag+].[O-][Cl+3]([O-])([O-])[O-].[O-][Cl+3]([O-])([O-])[O-].[O-][Cl+3]([O-])([O-])[O-].[O-][Cl+3]([O-])([O-])[O-]. The second kappa shape index (κ2) is 59.0. The number of nitrogens with zero attached hydrogens (tertiary/aromatic N) is 8. The molecule has 0 spiro atoms. The Kier molecular flexibility index (Phi) is 68.8. The molecule has 0 aromatic carbocycles. The Morgan fingerprint density at radius 2 is 0.300 bits per heavy atom. The normalized spacial score (nSPS) is 9.50. The van der Waals surface area contributed by atoms with Gasteiger partial charge in [0.1, 0.15) is 0 Å². The zero-order chi connectivity index (χ0) is 58.9. The Bertz CT molecular complexity index is 1790. The number of halogens is 4. The van der Waals surface area contributed by atoms with E-state index in [0.717, 1.165) is 0 Å². The molecule has 8 rings (SSSR count). The van der Waals surface area contributed by atoms with Crippen molar-refractivity contribution in [3.05, 3.63) is 146 Å². The fourth-order valence-corrected chi connectivity index (χ4v) is 3.02. The van der Waals surface area contributed by atoms with Crippen molar-refractivity contribution in [2.45, 2.75) is 52.9 Å². The summed E-state index contributed by atoms with van der Waals surface area (Å²) in [6.45, 7) is 0.139. The van der Waals surface area contributed by atoms with E-state index in [4.69, 9.17) is 115 Å². The van der Waals surface area contributed by atoms with E-state index >= 15 is 0 Å². The summed E-state index contributed by atoms with van der Waals surface area (Å²) in [5, 5.41) is 66.8. The Morgan fingerprint density at radius 3 is 0.325 bits per heavy atom. The molecule has 0 bridgehead atoms. The monoisotopic (exact) mass is 1610 g/mol. The molecule has 0 unspecified atom stereocenters. The first-order chi connectivity index (χ1) is 35.5. The van der Waals surface area contributed by atoms with Crippen molar-refractivity contribution in [1.82, 2.24) is 79.7 Å². The predicted octanol–water partition coefficient (Wildman–Crippen LogP) is -19.8. The minimum atomic E-state index is -4.94. The third-order valence-corrected chi connectivity index (χ3v) is 5.73. The minimum absolute atomic E-state index is 0. The van der Waals surface area contributed by atoms with Gasteiger partial charge in [-0.1, -0.05) is 0 Å². The topological polar surface area (TPSA) is 760 Å². The van der Waals surface area contributed by atoms with E-state index < -0.39 is 41.0 Å². The molecular weight excluding hydrogens is 1570 g/mol. The molecule has 0 radical (unpaired) electrons. The molecule has 472 valence electrons. The van der Waals surface area contributed by atoms with Gasteiger partial charge in [-0.05, 0) is 0 Å². The first-order valence-corrected chi connectivity index (χ1v) is 23.5. The average Bonchev–Trinajstić information content (AvgIpc) is 4.21. The number of nitrogens with one attached hydrogen (secondary N) is 8. The summed E-state index contributed by atoms with van der Waals surface area (Å²) < 4.78 is 136. The van der Waals surface area contributed by atoms with Crippen LogP contribution in [0.4, 0.5) is 0 Å². The van der Waals surface area contributed by atoms with E-state index in [-0.39, 0.29) is 142 Å². The Labute approximate surface area is 520 Å². The van der Waals surface area contributed by atoms with Crippen LogP contribution in [-0.2, 0) is 142 Å². The summed E-state index contributed by atoms with van der Waals surface area (Å²) in [4.78, 5) is 51.5. The van der Waals surface area contributed by atoms with Crippen molar-refractivity contribution in [3.63, 3.8) is 0 Å². The van der Waals surface area contributed by atoms with E-state index in [0.29, 0.717) is 45.6 Å². The van der Waals surface area contributed by atoms with Crippen LogP contribution in [-0.4, -0.2) is 121 Å². The van der Waals surface area contributed by atoms with Crippen LogP contribution in [0.2, 0.25) is 0 Å². The van der Waals surface area contributed by atoms with Crippen LogP contribution in [0, 0.1) is 41.0 Å². The first-order valence-electron chi connectivity index (χ1n) is 18.6. The van der Waals surface area contributed by atoms with Gasteiger partial charge in [-0.2, -0.15) is 0 Å². The van der Waals surface area contributed by atoms with Crippen molar-refractivity contribution in [2.75, 3.05) is 0 Å². The van der Waals surface area contributed by atoms with Crippen molar-refractivity contribution in [1.29, 1.82) is 0 Å². The van der Waals surface area contributed by atoms with Crippen LogP contribution >= 0.6 is 0 Å². The summed E-state index contributed by atoms with van der Waals surface area (Å²) in [5.41, 5.74) is 5.44. The van der Waals surface area contributed by atoms with Crippen LogP contribution in [0.5, 0.6) is 0 Å². The van der Waals surface area contributed by atoms with Crippen LogP contribution < -0.4 is 74.5 Å². The first kappa shape index (κ1) is 93.3. The van der Waals surface area contributed by atoms with E-state index in [9.17, 15) is 0 Å². The van der Waals surface area contributed by atoms with Gasteiger partial charge < -0.3 is 80.7 Å². The van der Waals surface area contributed by atoms with Crippen LogP contribution in [0.25, 0.3) is 0 Å². The zero-order valence-electron chi connectivity index (χ0n) is 39.3. The molecular formula is C32H48Ag4Cl4N16O24. The van der Waals surface area contributed by atoms with E-state index in [1.54, 1.807) is 49.6 Å². The molecule has 0 fully saturated rings. The summed E-state index contributed by atoms with van der Waals surface area (Å²) in [5.74, 6) is 0. The number of aromatic amines is 8. The smallest absolute Gasteiger partial charge is 0.390 e. The van der Waals surface area contributed by atoms with Crippen molar-refractivity contribution < 1.29 is 246 Å². The van der Waals surface area contributed by atoms with Gasteiger partial charge in [0.05, 0.1) is 149 Å². The summed E-state index contributed by atoms with van der Waals surface area (Å²) in [6, 6.07) is 0. The summed E-state index contributed by atoms with van der Waals surface area (Å²) >= 11 is 0. The summed E-state index contributed by atoms with van der Waals surface area (Å²) in [6.07, 6.45) is 25.5. The molecule has 8 heterocycles. The van der Waals surface area contributed by atoms with Gasteiger partial charge in [0.2, 0.25) is 0 Å². The molecule has 0 aliphatic heterocycles. The minimum Gasteiger partial charge on any atom is -0.390 e. The number of H-pyrrole nitrogens is 8. The molecule has 0 aliphatic carbocycles.